The number of benzene rings is 2. The Kier molecular flexibility index (Phi) is 7.48. The van der Waals surface area contributed by atoms with E-state index in [1.54, 1.807) is 24.3 Å². The van der Waals surface area contributed by atoms with Crippen LogP contribution in [0.2, 0.25) is 0 Å². The summed E-state index contributed by atoms with van der Waals surface area (Å²) in [5.74, 6) is -0.401. The average molecular weight is 406 g/mol. The number of phenolic OH excluding ortho intramolecular Hbond substituents is 1. The Labute approximate surface area is 166 Å². The first-order valence-corrected chi connectivity index (χ1v) is 9.08. The SMILES string of the molecule is CCC[C@@H](Oc1ccc(C#N)c(C(F)(F)F)c1)C(=O)NCCc1ccc(O)cc1. The van der Waals surface area contributed by atoms with Crippen molar-refractivity contribution in [2.24, 2.45) is 0 Å². The molecule has 0 heterocycles. The Hall–Kier alpha value is -3.21. The fourth-order valence-corrected chi connectivity index (χ4v) is 2.71. The third kappa shape index (κ3) is 6.42. The van der Waals surface area contributed by atoms with E-state index in [4.69, 9.17) is 10.00 Å². The molecule has 0 aliphatic rings. The molecule has 0 saturated heterocycles. The van der Waals surface area contributed by atoms with E-state index in [0.29, 0.717) is 25.8 Å². The van der Waals surface area contributed by atoms with Crippen LogP contribution in [-0.2, 0) is 17.4 Å². The second-order valence-electron chi connectivity index (χ2n) is 6.42. The molecule has 154 valence electrons. The van der Waals surface area contributed by atoms with E-state index in [1.165, 1.54) is 12.1 Å². The third-order valence-electron chi connectivity index (χ3n) is 4.19. The van der Waals surface area contributed by atoms with Gasteiger partial charge in [0.2, 0.25) is 0 Å². The highest BCUT2D eigenvalue weighted by Gasteiger charge is 2.34. The third-order valence-corrected chi connectivity index (χ3v) is 4.19. The zero-order valence-electron chi connectivity index (χ0n) is 15.8. The molecule has 0 bridgehead atoms. The highest BCUT2D eigenvalue weighted by molar-refractivity contribution is 5.81. The number of carbonyl (C=O) groups excluding carboxylic acids is 1. The van der Waals surface area contributed by atoms with Gasteiger partial charge in [0, 0.05) is 6.54 Å². The smallest absolute Gasteiger partial charge is 0.417 e. The molecule has 0 aromatic heterocycles. The van der Waals surface area contributed by atoms with Crippen LogP contribution in [0.15, 0.2) is 42.5 Å². The molecule has 2 N–H and O–H groups in total. The Morgan fingerprint density at radius 3 is 2.52 bits per heavy atom. The van der Waals surface area contributed by atoms with Gasteiger partial charge in [-0.2, -0.15) is 18.4 Å². The van der Waals surface area contributed by atoms with Crippen molar-refractivity contribution in [2.45, 2.75) is 38.5 Å². The van der Waals surface area contributed by atoms with Crippen molar-refractivity contribution in [3.8, 4) is 17.6 Å². The number of ether oxygens (including phenoxy) is 1. The van der Waals surface area contributed by atoms with Crippen LogP contribution in [0, 0.1) is 11.3 Å². The number of phenols is 1. The average Bonchev–Trinajstić information content (AvgIpc) is 2.68. The second-order valence-corrected chi connectivity index (χ2v) is 6.42. The summed E-state index contributed by atoms with van der Waals surface area (Å²) in [5.41, 5.74) is -0.686. The molecule has 29 heavy (non-hydrogen) atoms. The molecule has 2 aromatic rings. The van der Waals surface area contributed by atoms with Gasteiger partial charge in [-0.1, -0.05) is 25.5 Å². The summed E-state index contributed by atoms with van der Waals surface area (Å²) in [6.45, 7) is 2.15. The molecule has 1 atom stereocenters. The minimum Gasteiger partial charge on any atom is -0.508 e. The predicted molar refractivity (Wildman–Crippen MR) is 100 cm³/mol. The number of rotatable bonds is 8. The monoisotopic (exact) mass is 406 g/mol. The molecule has 8 heteroatoms. The highest BCUT2D eigenvalue weighted by Crippen LogP contribution is 2.34. The minimum atomic E-state index is -4.70. The molecule has 5 nitrogen and oxygen atoms in total. The van der Waals surface area contributed by atoms with Gasteiger partial charge in [-0.25, -0.2) is 0 Å². The van der Waals surface area contributed by atoms with Crippen LogP contribution in [0.1, 0.15) is 36.5 Å². The number of halogens is 3. The molecular formula is C21H21F3N2O3. The number of aromatic hydroxyl groups is 1. The molecule has 0 fully saturated rings. The fourth-order valence-electron chi connectivity index (χ4n) is 2.71. The van der Waals surface area contributed by atoms with Gasteiger partial charge in [0.1, 0.15) is 11.5 Å². The van der Waals surface area contributed by atoms with E-state index in [2.05, 4.69) is 5.32 Å². The quantitative estimate of drug-likeness (QED) is 0.689. The van der Waals surface area contributed by atoms with Gasteiger partial charge in [-0.15, -0.1) is 0 Å². The maximum Gasteiger partial charge on any atom is 0.417 e. The Balaban J connectivity index is 2.04. The van der Waals surface area contributed by atoms with Crippen molar-refractivity contribution < 1.29 is 27.8 Å². The van der Waals surface area contributed by atoms with Gasteiger partial charge < -0.3 is 15.2 Å². The number of nitrogens with one attached hydrogen (secondary N) is 1. The van der Waals surface area contributed by atoms with Crippen LogP contribution in [0.4, 0.5) is 13.2 Å². The number of hydrogen-bond donors (Lipinski definition) is 2. The van der Waals surface area contributed by atoms with Crippen molar-refractivity contribution in [3.05, 3.63) is 59.2 Å². The lowest BCUT2D eigenvalue weighted by atomic mass is 10.1. The summed E-state index contributed by atoms with van der Waals surface area (Å²) in [4.78, 5) is 12.4. The summed E-state index contributed by atoms with van der Waals surface area (Å²) in [7, 11) is 0. The second kappa shape index (κ2) is 9.82. The largest absolute Gasteiger partial charge is 0.508 e. The zero-order chi connectivity index (χ0) is 21.4. The van der Waals surface area contributed by atoms with Crippen LogP contribution in [0.5, 0.6) is 11.5 Å². The Morgan fingerprint density at radius 1 is 1.24 bits per heavy atom. The van der Waals surface area contributed by atoms with E-state index < -0.39 is 29.3 Å². The van der Waals surface area contributed by atoms with Crippen LogP contribution in [0.25, 0.3) is 0 Å². The summed E-state index contributed by atoms with van der Waals surface area (Å²) in [6.07, 6.45) is -4.20. The van der Waals surface area contributed by atoms with Crippen LogP contribution < -0.4 is 10.1 Å². The standard InChI is InChI=1S/C21H21F3N2O3/c1-2-3-19(20(28)26-11-10-14-4-7-16(27)8-5-14)29-17-9-6-15(13-25)18(12-17)21(22,23)24/h4-9,12,19,27H,2-3,10-11H2,1H3,(H,26,28)/t19-/m1/s1. The molecule has 0 saturated carbocycles. The first-order chi connectivity index (χ1) is 13.7. The van der Waals surface area contributed by atoms with Gasteiger partial charge in [-0.05, 0) is 48.7 Å². The summed E-state index contributed by atoms with van der Waals surface area (Å²) >= 11 is 0. The van der Waals surface area contributed by atoms with Crippen molar-refractivity contribution in [1.82, 2.24) is 5.32 Å². The molecule has 0 aliphatic heterocycles. The van der Waals surface area contributed by atoms with Crippen LogP contribution in [0.3, 0.4) is 0 Å². The number of hydrogen-bond acceptors (Lipinski definition) is 4. The summed E-state index contributed by atoms with van der Waals surface area (Å²) < 4.78 is 44.8. The van der Waals surface area contributed by atoms with Crippen molar-refractivity contribution >= 4 is 5.91 Å². The Bertz CT molecular complexity index is 874. The van der Waals surface area contributed by atoms with E-state index >= 15 is 0 Å². The zero-order valence-corrected chi connectivity index (χ0v) is 15.8. The van der Waals surface area contributed by atoms with Gasteiger partial charge in [0.05, 0.1) is 17.2 Å². The molecule has 2 aromatic carbocycles. The van der Waals surface area contributed by atoms with E-state index in [1.807, 2.05) is 6.92 Å². The maximum atomic E-state index is 13.1. The summed E-state index contributed by atoms with van der Waals surface area (Å²) in [6, 6.07) is 11.1. The van der Waals surface area contributed by atoms with E-state index in [-0.39, 0.29) is 11.5 Å². The van der Waals surface area contributed by atoms with Crippen molar-refractivity contribution in [1.29, 1.82) is 5.26 Å². The maximum absolute atomic E-state index is 13.1. The lowest BCUT2D eigenvalue weighted by Gasteiger charge is -2.19. The molecule has 1 amide bonds. The molecule has 0 unspecified atom stereocenters. The van der Waals surface area contributed by atoms with Gasteiger partial charge in [0.25, 0.3) is 5.91 Å². The van der Waals surface area contributed by atoms with Crippen LogP contribution in [-0.4, -0.2) is 23.7 Å². The van der Waals surface area contributed by atoms with Crippen LogP contribution >= 0.6 is 0 Å². The topological polar surface area (TPSA) is 82.3 Å². The molecular weight excluding hydrogens is 385 g/mol. The number of alkyl halides is 3. The first kappa shape index (κ1) is 22.1. The number of nitriles is 1. The number of carbonyl (C=O) groups is 1. The number of nitrogens with zero attached hydrogens (tertiary/aromatic N) is 1. The molecule has 0 aliphatic carbocycles. The lowest BCUT2D eigenvalue weighted by molar-refractivity contribution is -0.137. The van der Waals surface area contributed by atoms with Crippen molar-refractivity contribution in [3.63, 3.8) is 0 Å². The predicted octanol–water partition coefficient (Wildman–Crippen LogP) is 4.19. The van der Waals surface area contributed by atoms with Crippen molar-refractivity contribution in [2.75, 3.05) is 6.54 Å². The fraction of sp³-hybridized carbons (Fsp3) is 0.333. The van der Waals surface area contributed by atoms with Gasteiger partial charge in [-0.3, -0.25) is 4.79 Å². The summed E-state index contributed by atoms with van der Waals surface area (Å²) in [5, 5.41) is 20.9. The first-order valence-electron chi connectivity index (χ1n) is 9.08. The van der Waals surface area contributed by atoms with E-state index in [9.17, 15) is 23.1 Å². The Morgan fingerprint density at radius 2 is 1.93 bits per heavy atom. The molecule has 0 spiro atoms. The normalized spacial score (nSPS) is 12.1. The number of amides is 1. The lowest BCUT2D eigenvalue weighted by Crippen LogP contribution is -2.39. The van der Waals surface area contributed by atoms with Gasteiger partial charge in [0.15, 0.2) is 6.10 Å². The van der Waals surface area contributed by atoms with Gasteiger partial charge >= 0.3 is 6.18 Å². The van der Waals surface area contributed by atoms with E-state index in [0.717, 1.165) is 17.7 Å². The molecule has 0 radical (unpaired) electrons. The highest BCUT2D eigenvalue weighted by atomic mass is 19.4. The molecule has 2 rings (SSSR count). The minimum absolute atomic E-state index is 0.122.